The van der Waals surface area contributed by atoms with Gasteiger partial charge in [-0.1, -0.05) is 32.0 Å². The van der Waals surface area contributed by atoms with E-state index in [1.165, 1.54) is 11.1 Å². The number of nitrogens with zero attached hydrogens (tertiary/aromatic N) is 1. The van der Waals surface area contributed by atoms with Crippen LogP contribution in [0.15, 0.2) is 48.8 Å². The van der Waals surface area contributed by atoms with Gasteiger partial charge in [-0.3, -0.25) is 4.98 Å². The van der Waals surface area contributed by atoms with Gasteiger partial charge in [0, 0.05) is 25.0 Å². The molecule has 0 fully saturated rings. The van der Waals surface area contributed by atoms with Gasteiger partial charge in [-0.05, 0) is 35.2 Å². The number of hydrogen-bond donors (Lipinski definition) is 1. The zero-order chi connectivity index (χ0) is 14.4. The Morgan fingerprint density at radius 1 is 1.15 bits per heavy atom. The first-order valence-electron chi connectivity index (χ1n) is 6.97. The minimum atomic E-state index is 0.320. The van der Waals surface area contributed by atoms with Crippen LogP contribution in [0.4, 0.5) is 0 Å². The lowest BCUT2D eigenvalue weighted by Gasteiger charge is -2.23. The summed E-state index contributed by atoms with van der Waals surface area (Å²) < 4.78 is 5.21. The van der Waals surface area contributed by atoms with Crippen molar-refractivity contribution in [1.29, 1.82) is 0 Å². The average molecular weight is 270 g/mol. The molecule has 3 nitrogen and oxygen atoms in total. The predicted octanol–water partition coefficient (Wildman–Crippen LogP) is 3.58. The van der Waals surface area contributed by atoms with Gasteiger partial charge in [0.1, 0.15) is 5.75 Å². The van der Waals surface area contributed by atoms with Crippen molar-refractivity contribution in [3.8, 4) is 5.75 Å². The van der Waals surface area contributed by atoms with Gasteiger partial charge in [-0.2, -0.15) is 0 Å². The van der Waals surface area contributed by atoms with E-state index < -0.39 is 0 Å². The van der Waals surface area contributed by atoms with E-state index in [-0.39, 0.29) is 0 Å². The Morgan fingerprint density at radius 2 is 1.90 bits per heavy atom. The number of nitrogens with one attached hydrogen (secondary N) is 1. The maximum Gasteiger partial charge on any atom is 0.118 e. The number of methoxy groups -OCH3 is 1. The Balaban J connectivity index is 2.06. The topological polar surface area (TPSA) is 34.1 Å². The smallest absolute Gasteiger partial charge is 0.118 e. The van der Waals surface area contributed by atoms with Gasteiger partial charge >= 0.3 is 0 Å². The fourth-order valence-electron chi connectivity index (χ4n) is 2.28. The van der Waals surface area contributed by atoms with Gasteiger partial charge in [-0.15, -0.1) is 0 Å². The van der Waals surface area contributed by atoms with Crippen LogP contribution in [-0.2, 0) is 6.54 Å². The van der Waals surface area contributed by atoms with E-state index in [9.17, 15) is 0 Å². The van der Waals surface area contributed by atoms with Crippen LogP contribution >= 0.6 is 0 Å². The molecular weight excluding hydrogens is 248 g/mol. The average Bonchev–Trinajstić information content (AvgIpc) is 2.49. The molecule has 1 atom stereocenters. The molecule has 3 heteroatoms. The van der Waals surface area contributed by atoms with Gasteiger partial charge in [0.05, 0.1) is 7.11 Å². The lowest BCUT2D eigenvalue weighted by atomic mass is 9.95. The molecule has 20 heavy (non-hydrogen) atoms. The number of rotatable bonds is 6. The van der Waals surface area contributed by atoms with Gasteiger partial charge in [0.25, 0.3) is 0 Å². The van der Waals surface area contributed by atoms with Gasteiger partial charge in [0.2, 0.25) is 0 Å². The van der Waals surface area contributed by atoms with E-state index in [0.29, 0.717) is 12.0 Å². The first kappa shape index (κ1) is 14.5. The normalized spacial score (nSPS) is 12.4. The van der Waals surface area contributed by atoms with Crippen LogP contribution in [0, 0.1) is 5.92 Å². The molecule has 1 aromatic carbocycles. The number of pyridine rings is 1. The zero-order valence-corrected chi connectivity index (χ0v) is 12.3. The molecule has 1 heterocycles. The molecule has 0 spiro atoms. The molecule has 1 N–H and O–H groups in total. The van der Waals surface area contributed by atoms with Crippen molar-refractivity contribution in [1.82, 2.24) is 10.3 Å². The van der Waals surface area contributed by atoms with Crippen molar-refractivity contribution in [3.05, 3.63) is 59.9 Å². The highest BCUT2D eigenvalue weighted by molar-refractivity contribution is 5.29. The van der Waals surface area contributed by atoms with E-state index in [2.05, 4.69) is 42.3 Å². The Morgan fingerprint density at radius 3 is 2.45 bits per heavy atom. The van der Waals surface area contributed by atoms with Crippen molar-refractivity contribution in [2.24, 2.45) is 5.92 Å². The van der Waals surface area contributed by atoms with Crippen LogP contribution in [0.1, 0.15) is 31.0 Å². The number of ether oxygens (including phenoxy) is 1. The van der Waals surface area contributed by atoms with Crippen LogP contribution in [0.2, 0.25) is 0 Å². The molecule has 2 rings (SSSR count). The summed E-state index contributed by atoms with van der Waals surface area (Å²) in [4.78, 5) is 4.15. The van der Waals surface area contributed by atoms with Crippen molar-refractivity contribution in [3.63, 3.8) is 0 Å². The molecule has 0 aliphatic heterocycles. The quantitative estimate of drug-likeness (QED) is 0.871. The maximum atomic E-state index is 5.21. The number of aromatic nitrogens is 1. The highest BCUT2D eigenvalue weighted by Crippen LogP contribution is 2.24. The summed E-state index contributed by atoms with van der Waals surface area (Å²) in [6.07, 6.45) is 3.70. The number of hydrogen-bond acceptors (Lipinski definition) is 3. The second-order valence-electron chi connectivity index (χ2n) is 5.24. The molecule has 1 aromatic heterocycles. The van der Waals surface area contributed by atoms with Gasteiger partial charge < -0.3 is 10.1 Å². The molecule has 0 aliphatic carbocycles. The van der Waals surface area contributed by atoms with Gasteiger partial charge in [0.15, 0.2) is 0 Å². The zero-order valence-electron chi connectivity index (χ0n) is 12.3. The van der Waals surface area contributed by atoms with Crippen LogP contribution in [0.3, 0.4) is 0 Å². The van der Waals surface area contributed by atoms with Crippen molar-refractivity contribution in [2.75, 3.05) is 7.11 Å². The fourth-order valence-corrected chi connectivity index (χ4v) is 2.28. The summed E-state index contributed by atoms with van der Waals surface area (Å²) in [6, 6.07) is 12.6. The third-order valence-corrected chi connectivity index (χ3v) is 3.39. The standard InChI is InChI=1S/C17H22N2O/c1-13(2)17(15-6-8-16(20-3)9-7-15)19-12-14-5-4-10-18-11-14/h4-11,13,17,19H,12H2,1-3H3. The summed E-state index contributed by atoms with van der Waals surface area (Å²) in [6.45, 7) is 5.28. The summed E-state index contributed by atoms with van der Waals surface area (Å²) in [5.74, 6) is 1.41. The molecule has 0 aliphatic rings. The summed E-state index contributed by atoms with van der Waals surface area (Å²) in [7, 11) is 1.69. The second kappa shape index (κ2) is 7.06. The molecule has 1 unspecified atom stereocenters. The van der Waals surface area contributed by atoms with E-state index in [1.54, 1.807) is 13.3 Å². The maximum absolute atomic E-state index is 5.21. The van der Waals surface area contributed by atoms with Crippen LogP contribution in [0.25, 0.3) is 0 Å². The molecular formula is C17H22N2O. The fraction of sp³-hybridized carbons (Fsp3) is 0.353. The lowest BCUT2D eigenvalue weighted by Crippen LogP contribution is -2.25. The molecule has 0 bridgehead atoms. The van der Waals surface area contributed by atoms with Crippen molar-refractivity contribution < 1.29 is 4.74 Å². The van der Waals surface area contributed by atoms with Gasteiger partial charge in [-0.25, -0.2) is 0 Å². The Bertz CT molecular complexity index is 508. The lowest BCUT2D eigenvalue weighted by molar-refractivity contribution is 0.404. The molecule has 0 amide bonds. The molecule has 0 saturated heterocycles. The Labute approximate surface area is 121 Å². The molecule has 106 valence electrons. The first-order chi connectivity index (χ1) is 9.70. The summed E-state index contributed by atoms with van der Waals surface area (Å²) in [5.41, 5.74) is 2.48. The van der Waals surface area contributed by atoms with E-state index in [0.717, 1.165) is 12.3 Å². The second-order valence-corrected chi connectivity index (χ2v) is 5.24. The minimum Gasteiger partial charge on any atom is -0.497 e. The van der Waals surface area contributed by atoms with Crippen molar-refractivity contribution in [2.45, 2.75) is 26.4 Å². The first-order valence-corrected chi connectivity index (χ1v) is 6.97. The highest BCUT2D eigenvalue weighted by Gasteiger charge is 2.15. The van der Waals surface area contributed by atoms with Crippen LogP contribution in [-0.4, -0.2) is 12.1 Å². The number of benzene rings is 1. The third kappa shape index (κ3) is 3.81. The largest absolute Gasteiger partial charge is 0.497 e. The summed E-state index contributed by atoms with van der Waals surface area (Å²) in [5, 5.41) is 3.61. The summed E-state index contributed by atoms with van der Waals surface area (Å²) >= 11 is 0. The van der Waals surface area contributed by atoms with Crippen molar-refractivity contribution >= 4 is 0 Å². The minimum absolute atomic E-state index is 0.320. The van der Waals surface area contributed by atoms with E-state index >= 15 is 0 Å². The Hall–Kier alpha value is -1.87. The monoisotopic (exact) mass is 270 g/mol. The molecule has 0 radical (unpaired) electrons. The predicted molar refractivity (Wildman–Crippen MR) is 81.6 cm³/mol. The third-order valence-electron chi connectivity index (χ3n) is 3.39. The highest BCUT2D eigenvalue weighted by atomic mass is 16.5. The van der Waals surface area contributed by atoms with E-state index in [4.69, 9.17) is 4.74 Å². The molecule has 2 aromatic rings. The van der Waals surface area contributed by atoms with Crippen LogP contribution in [0.5, 0.6) is 5.75 Å². The van der Waals surface area contributed by atoms with Crippen LogP contribution < -0.4 is 10.1 Å². The van der Waals surface area contributed by atoms with E-state index in [1.807, 2.05) is 24.4 Å². The SMILES string of the molecule is COc1ccc(C(NCc2cccnc2)C(C)C)cc1. The Kier molecular flexibility index (Phi) is 5.13. The molecule has 0 saturated carbocycles.